The van der Waals surface area contributed by atoms with Gasteiger partial charge in [0.1, 0.15) is 5.58 Å². The molecular formula is C10H23N2P. The van der Waals surface area contributed by atoms with E-state index in [1.54, 1.807) is 7.05 Å². The van der Waals surface area contributed by atoms with E-state index in [2.05, 4.69) is 32.7 Å². The largest absolute Gasteiger partial charge is 0.384 e. The summed E-state index contributed by atoms with van der Waals surface area (Å²) < 4.78 is 0. The van der Waals surface area contributed by atoms with Gasteiger partial charge in [0.15, 0.2) is 0 Å². The number of nitrogens with zero attached hydrogens (tertiary/aromatic N) is 1. The Hall–Kier alpha value is -0.100. The Morgan fingerprint density at radius 2 is 2.00 bits per heavy atom. The molecule has 2 atom stereocenters. The molecule has 2 unspecified atom stereocenters. The number of hydrogen-bond donors (Lipinski definition) is 1. The van der Waals surface area contributed by atoms with Crippen molar-refractivity contribution in [3.05, 3.63) is 0 Å². The normalized spacial score (nSPS) is 16.8. The lowest BCUT2D eigenvalue weighted by atomic mass is 9.86. The van der Waals surface area contributed by atoms with Gasteiger partial charge in [-0.05, 0) is 23.9 Å². The van der Waals surface area contributed by atoms with Crippen LogP contribution in [0.2, 0.25) is 0 Å². The maximum atomic E-state index is 5.65. The fourth-order valence-corrected chi connectivity index (χ4v) is 2.34. The van der Waals surface area contributed by atoms with E-state index in [1.165, 1.54) is 12.6 Å². The third-order valence-corrected chi connectivity index (χ3v) is 3.32. The smallest absolute Gasteiger partial charge is 0.113 e. The van der Waals surface area contributed by atoms with E-state index in [0.717, 1.165) is 11.5 Å². The molecule has 2 nitrogen and oxygen atoms in total. The molecule has 78 valence electrons. The van der Waals surface area contributed by atoms with Crippen molar-refractivity contribution < 1.29 is 0 Å². The van der Waals surface area contributed by atoms with E-state index in [0.29, 0.717) is 14.0 Å². The monoisotopic (exact) mass is 202 g/mol. The van der Waals surface area contributed by atoms with Crippen LogP contribution in [0.4, 0.5) is 0 Å². The Morgan fingerprint density at radius 1 is 1.46 bits per heavy atom. The molecule has 0 fully saturated rings. The molecule has 13 heavy (non-hydrogen) atoms. The molecule has 2 N–H and O–H groups in total. The van der Waals surface area contributed by atoms with Gasteiger partial charge in [-0.25, -0.2) is 0 Å². The lowest BCUT2D eigenvalue weighted by molar-refractivity contribution is 0.323. The van der Waals surface area contributed by atoms with Crippen molar-refractivity contribution in [1.29, 1.82) is 0 Å². The van der Waals surface area contributed by atoms with E-state index >= 15 is 0 Å². The zero-order valence-corrected chi connectivity index (χ0v) is 10.5. The zero-order valence-electron chi connectivity index (χ0n) is 9.52. The second-order valence-corrected chi connectivity index (χ2v) is 6.13. The summed E-state index contributed by atoms with van der Waals surface area (Å²) in [5, 5.41) is 0. The fourth-order valence-electron chi connectivity index (χ4n) is 1.48. The summed E-state index contributed by atoms with van der Waals surface area (Å²) in [4.78, 5) is 3.96. The van der Waals surface area contributed by atoms with Gasteiger partial charge in [0.2, 0.25) is 0 Å². The second kappa shape index (κ2) is 5.59. The van der Waals surface area contributed by atoms with Crippen molar-refractivity contribution >= 4 is 14.2 Å². The van der Waals surface area contributed by atoms with Gasteiger partial charge in [-0.1, -0.05) is 36.3 Å². The van der Waals surface area contributed by atoms with Crippen LogP contribution in [0.25, 0.3) is 0 Å². The molecule has 0 aliphatic carbocycles. The molecule has 0 spiro atoms. The van der Waals surface area contributed by atoms with Gasteiger partial charge in [-0.3, -0.25) is 4.99 Å². The SMILES string of the molecule is CN=C(N)PCC(C)CC(C)(C)C. The maximum absolute atomic E-state index is 5.65. The number of amidine groups is 1. The quantitative estimate of drug-likeness (QED) is 0.425. The average Bonchev–Trinajstić information content (AvgIpc) is 1.97. The molecule has 0 aromatic carbocycles. The molecule has 0 aromatic heterocycles. The first kappa shape index (κ1) is 12.9. The number of rotatable bonds is 4. The second-order valence-electron chi connectivity index (χ2n) is 4.86. The van der Waals surface area contributed by atoms with E-state index < -0.39 is 0 Å². The minimum absolute atomic E-state index is 0.433. The number of nitrogens with two attached hydrogens (primary N) is 1. The van der Waals surface area contributed by atoms with Crippen molar-refractivity contribution in [3.8, 4) is 0 Å². The first-order chi connectivity index (χ1) is 5.85. The number of aliphatic imine (C=N–C) groups is 1. The van der Waals surface area contributed by atoms with E-state index in [1.807, 2.05) is 0 Å². The minimum Gasteiger partial charge on any atom is -0.384 e. The van der Waals surface area contributed by atoms with Gasteiger partial charge in [-0.15, -0.1) is 0 Å². The molecule has 0 rings (SSSR count). The molecule has 0 saturated heterocycles. The van der Waals surface area contributed by atoms with Crippen LogP contribution in [0.1, 0.15) is 34.1 Å². The van der Waals surface area contributed by atoms with Gasteiger partial charge in [0.25, 0.3) is 0 Å². The molecule has 0 amide bonds. The van der Waals surface area contributed by atoms with Crippen LogP contribution in [-0.4, -0.2) is 18.8 Å². The molecule has 0 heterocycles. The Bertz CT molecular complexity index is 170. The average molecular weight is 202 g/mol. The predicted octanol–water partition coefficient (Wildman–Crippen LogP) is 2.68. The molecule has 3 heteroatoms. The third kappa shape index (κ3) is 8.24. The van der Waals surface area contributed by atoms with E-state index in [9.17, 15) is 0 Å². The van der Waals surface area contributed by atoms with E-state index in [4.69, 9.17) is 5.73 Å². The highest BCUT2D eigenvalue weighted by Gasteiger charge is 2.14. The minimum atomic E-state index is 0.433. The van der Waals surface area contributed by atoms with Crippen LogP contribution in [0.5, 0.6) is 0 Å². The Balaban J connectivity index is 3.70. The molecular weight excluding hydrogens is 179 g/mol. The predicted molar refractivity (Wildman–Crippen MR) is 64.0 cm³/mol. The highest BCUT2D eigenvalue weighted by molar-refractivity contribution is 7.58. The summed E-state index contributed by atoms with van der Waals surface area (Å²) in [5.41, 5.74) is 6.89. The highest BCUT2D eigenvalue weighted by Crippen LogP contribution is 2.27. The Labute approximate surface area is 84.2 Å². The summed E-state index contributed by atoms with van der Waals surface area (Å²) >= 11 is 0. The summed E-state index contributed by atoms with van der Waals surface area (Å²) in [6.07, 6.45) is 2.44. The van der Waals surface area contributed by atoms with Gasteiger partial charge in [-0.2, -0.15) is 0 Å². The Morgan fingerprint density at radius 3 is 2.38 bits per heavy atom. The van der Waals surface area contributed by atoms with Gasteiger partial charge >= 0.3 is 0 Å². The number of hydrogen-bond acceptors (Lipinski definition) is 1. The van der Waals surface area contributed by atoms with Crippen molar-refractivity contribution in [2.45, 2.75) is 34.1 Å². The van der Waals surface area contributed by atoms with Crippen LogP contribution < -0.4 is 5.73 Å². The zero-order chi connectivity index (χ0) is 10.5. The Kier molecular flexibility index (Phi) is 5.55. The molecule has 0 bridgehead atoms. The van der Waals surface area contributed by atoms with Crippen molar-refractivity contribution in [3.63, 3.8) is 0 Å². The van der Waals surface area contributed by atoms with Crippen LogP contribution in [0.3, 0.4) is 0 Å². The molecule has 0 radical (unpaired) electrons. The van der Waals surface area contributed by atoms with Crippen molar-refractivity contribution in [2.75, 3.05) is 13.2 Å². The highest BCUT2D eigenvalue weighted by atomic mass is 31.1. The summed E-state index contributed by atoms with van der Waals surface area (Å²) in [7, 11) is 2.46. The van der Waals surface area contributed by atoms with Crippen LogP contribution in [0, 0.1) is 11.3 Å². The summed E-state index contributed by atoms with van der Waals surface area (Å²) in [6.45, 7) is 9.14. The van der Waals surface area contributed by atoms with Crippen molar-refractivity contribution in [2.24, 2.45) is 22.1 Å². The van der Waals surface area contributed by atoms with Crippen LogP contribution in [-0.2, 0) is 0 Å². The lowest BCUT2D eigenvalue weighted by Gasteiger charge is -2.22. The van der Waals surface area contributed by atoms with E-state index in [-0.39, 0.29) is 0 Å². The maximum Gasteiger partial charge on any atom is 0.113 e. The third-order valence-electron chi connectivity index (χ3n) is 1.83. The standard InChI is InChI=1S/C10H23N2P/c1-8(6-10(2,3)4)7-13-9(11)12-5/h8,13H,6-7H2,1-5H3,(H2,11,12). The van der Waals surface area contributed by atoms with Gasteiger partial charge < -0.3 is 5.73 Å². The van der Waals surface area contributed by atoms with Gasteiger partial charge in [0.05, 0.1) is 0 Å². The summed E-state index contributed by atoms with van der Waals surface area (Å²) in [5.74, 6) is 0.749. The fraction of sp³-hybridized carbons (Fsp3) is 0.900. The van der Waals surface area contributed by atoms with Crippen molar-refractivity contribution in [1.82, 2.24) is 0 Å². The molecule has 0 aliphatic rings. The topological polar surface area (TPSA) is 38.4 Å². The molecule has 0 saturated carbocycles. The molecule has 0 aliphatic heterocycles. The van der Waals surface area contributed by atoms with Crippen LogP contribution in [0.15, 0.2) is 4.99 Å². The first-order valence-electron chi connectivity index (χ1n) is 4.81. The lowest BCUT2D eigenvalue weighted by Crippen LogP contribution is -2.14. The van der Waals surface area contributed by atoms with Gasteiger partial charge in [0, 0.05) is 7.05 Å². The first-order valence-corrected chi connectivity index (χ1v) is 6.02. The summed E-state index contributed by atoms with van der Waals surface area (Å²) in [6, 6.07) is 0. The van der Waals surface area contributed by atoms with Crippen LogP contribution >= 0.6 is 8.58 Å². The molecule has 0 aromatic rings.